The molecule has 0 bridgehead atoms. The fraction of sp³-hybridized carbons (Fsp3) is 0.310. The molecule has 0 fully saturated rings. The summed E-state index contributed by atoms with van der Waals surface area (Å²) in [5, 5.41) is 2.69. The van der Waals surface area contributed by atoms with Crippen molar-refractivity contribution < 1.29 is 24.2 Å². The molecule has 234 valence electrons. The molecule has 0 saturated carbocycles. The van der Waals surface area contributed by atoms with Crippen molar-refractivity contribution in [3.05, 3.63) is 152 Å². The van der Waals surface area contributed by atoms with E-state index in [9.17, 15) is 0 Å². The quantitative estimate of drug-likeness (QED) is 0.237. The van der Waals surface area contributed by atoms with E-state index in [0.717, 1.165) is 6.42 Å². The van der Waals surface area contributed by atoms with Crippen LogP contribution in [0.25, 0.3) is 11.6 Å². The molecule has 0 spiro atoms. The fourth-order valence-corrected chi connectivity index (χ4v) is 7.29. The molecule has 3 aromatic carbocycles. The average molecular weight is 714 g/mol. The number of fused-ring (bicyclic) bond motifs is 2. The van der Waals surface area contributed by atoms with E-state index in [2.05, 4.69) is 165 Å². The van der Waals surface area contributed by atoms with E-state index in [1.165, 1.54) is 88.0 Å². The maximum absolute atomic E-state index is 4.04. The summed E-state index contributed by atoms with van der Waals surface area (Å²) >= 11 is 1.46. The van der Waals surface area contributed by atoms with Crippen molar-refractivity contribution >= 4 is 39.7 Å². The summed E-state index contributed by atoms with van der Waals surface area (Å²) in [5.74, 6) is 0. The van der Waals surface area contributed by atoms with Crippen LogP contribution in [0.2, 0.25) is 0 Å². The molecule has 0 heterocycles. The first-order valence-corrected chi connectivity index (χ1v) is 16.7. The third-order valence-electron chi connectivity index (χ3n) is 9.51. The third-order valence-corrected chi connectivity index (χ3v) is 10.9. The molecule has 0 radical (unpaired) electrons. The van der Waals surface area contributed by atoms with Crippen LogP contribution in [0.4, 0.5) is 0 Å². The Morgan fingerprint density at radius 1 is 0.756 bits per heavy atom. The van der Waals surface area contributed by atoms with Crippen molar-refractivity contribution in [3.63, 3.8) is 0 Å². The van der Waals surface area contributed by atoms with Gasteiger partial charge in [-0.25, -0.2) is 0 Å². The first-order valence-electron chi connectivity index (χ1n) is 15.5. The van der Waals surface area contributed by atoms with Gasteiger partial charge >= 0.3 is 99.2 Å². The first kappa shape index (κ1) is 37.2. The van der Waals surface area contributed by atoms with Crippen LogP contribution in [-0.2, 0) is 29.7 Å². The van der Waals surface area contributed by atoms with Gasteiger partial charge in [0.05, 0.1) is 0 Å². The van der Waals surface area contributed by atoms with Gasteiger partial charge in [-0.15, -0.1) is 36.5 Å². The van der Waals surface area contributed by atoms with Gasteiger partial charge in [0.2, 0.25) is 0 Å². The molecule has 0 saturated heterocycles. The monoisotopic (exact) mass is 711 g/mol. The van der Waals surface area contributed by atoms with E-state index in [1.807, 2.05) is 0 Å². The van der Waals surface area contributed by atoms with Crippen molar-refractivity contribution in [3.8, 4) is 0 Å². The summed E-state index contributed by atoms with van der Waals surface area (Å²) in [6, 6.07) is 28.1. The van der Waals surface area contributed by atoms with Crippen LogP contribution in [0.1, 0.15) is 85.4 Å². The molecule has 3 aliphatic rings. The molecule has 3 aliphatic carbocycles. The van der Waals surface area contributed by atoms with E-state index < -0.39 is 0 Å². The van der Waals surface area contributed by atoms with Gasteiger partial charge in [0.25, 0.3) is 0 Å². The second-order valence-electron chi connectivity index (χ2n) is 14.3. The van der Waals surface area contributed by atoms with Gasteiger partial charge in [-0.05, 0) is 60.1 Å². The zero-order valence-electron chi connectivity index (χ0n) is 28.3. The molecule has 0 aromatic heterocycles. The van der Waals surface area contributed by atoms with Gasteiger partial charge in [-0.3, -0.25) is 0 Å². The number of hydrogen-bond acceptors (Lipinski definition) is 0. The molecular weight excluding hydrogens is 667 g/mol. The zero-order valence-corrected chi connectivity index (χ0v) is 32.4. The molecule has 3 heteroatoms. The summed E-state index contributed by atoms with van der Waals surface area (Å²) in [7, 11) is 0. The van der Waals surface area contributed by atoms with Crippen LogP contribution in [0.5, 0.6) is 0 Å². The fourth-order valence-electron chi connectivity index (χ4n) is 6.47. The van der Waals surface area contributed by atoms with E-state index in [0.29, 0.717) is 0 Å². The summed E-state index contributed by atoms with van der Waals surface area (Å²) in [5.41, 5.74) is 12.7. The zero-order chi connectivity index (χ0) is 31.2. The number of allylic oxidation sites excluding steroid dienone is 8. The molecule has 1 unspecified atom stereocenters. The van der Waals surface area contributed by atoms with Crippen molar-refractivity contribution in [2.45, 2.75) is 74.1 Å². The van der Waals surface area contributed by atoms with Crippen molar-refractivity contribution in [2.24, 2.45) is 10.8 Å². The first-order chi connectivity index (χ1) is 20.2. The number of hydrogen-bond donors (Lipinski definition) is 0. The molecule has 0 aliphatic heterocycles. The Balaban J connectivity index is 0.000000292. The molecule has 0 amide bonds. The second-order valence-corrected chi connectivity index (χ2v) is 15.6. The van der Waals surface area contributed by atoms with Gasteiger partial charge in [0, 0.05) is 0 Å². The Kier molecular flexibility index (Phi) is 11.7. The van der Waals surface area contributed by atoms with Gasteiger partial charge in [-0.2, -0.15) is 17.7 Å². The Morgan fingerprint density at radius 2 is 1.31 bits per heavy atom. The Morgan fingerprint density at radius 3 is 1.78 bits per heavy atom. The molecule has 1 atom stereocenters. The molecule has 0 N–H and O–H groups in total. The van der Waals surface area contributed by atoms with E-state index in [-0.39, 0.29) is 41.1 Å². The molecule has 45 heavy (non-hydrogen) atoms. The molecule has 6 rings (SSSR count). The number of benzene rings is 3. The summed E-state index contributed by atoms with van der Waals surface area (Å²) in [6.07, 6.45) is 12.3. The third kappa shape index (κ3) is 7.33. The molecule has 3 aromatic rings. The van der Waals surface area contributed by atoms with Crippen LogP contribution in [0, 0.1) is 16.9 Å². The minimum atomic E-state index is -0.166. The van der Waals surface area contributed by atoms with Crippen molar-refractivity contribution in [2.75, 3.05) is 0 Å². The van der Waals surface area contributed by atoms with Crippen LogP contribution in [-0.4, -0.2) is 3.21 Å². The van der Waals surface area contributed by atoms with E-state index in [1.54, 1.807) is 0 Å². The number of rotatable bonds is 3. The second kappa shape index (κ2) is 14.2. The Labute approximate surface area is 299 Å². The SMILES string of the molecule is CC1=C(C)C(C)=C(C2(C(C)(C)C)[C-]=C3C=c4cc(C(C)(C)C)ccc4=C3C=C2)C1.Cl.Cl.[Zr]=[C](c1ccccc1)c1ccccc1. The van der Waals surface area contributed by atoms with Crippen LogP contribution < -0.4 is 10.4 Å². The van der Waals surface area contributed by atoms with Gasteiger partial charge in [0.1, 0.15) is 0 Å². The Bertz CT molecular complexity index is 1780. The van der Waals surface area contributed by atoms with Gasteiger partial charge in [0.15, 0.2) is 0 Å². The van der Waals surface area contributed by atoms with E-state index in [4.69, 9.17) is 0 Å². The van der Waals surface area contributed by atoms with Crippen LogP contribution in [0.3, 0.4) is 0 Å². The Hall–Kier alpha value is -2.31. The summed E-state index contributed by atoms with van der Waals surface area (Å²) in [4.78, 5) is 0. The number of halogens is 2. The average Bonchev–Trinajstić information content (AvgIpc) is 3.48. The van der Waals surface area contributed by atoms with Crippen molar-refractivity contribution in [1.29, 1.82) is 0 Å². The topological polar surface area (TPSA) is 0 Å². The predicted molar refractivity (Wildman–Crippen MR) is 196 cm³/mol. The molecule has 0 nitrogen and oxygen atoms in total. The molecular formula is C42H47Cl2Zr-. The standard InChI is InChI=1S/C29H35.C13H10.2ClH.Zr/c1-18-14-26(20(3)19(18)2)29(28(7,8)9)13-12-25-22(17-29)15-21-16-23(27(4,5)6)10-11-24(21)25;1-3-7-12(8-4-1)11-13-9-5-2-6-10-13;;;/h10-13,15-16H,14H2,1-9H3;1-10H;2*1H;/q-1;;;;. The van der Waals surface area contributed by atoms with Gasteiger partial charge in [-0.1, -0.05) is 87.4 Å². The maximum atomic E-state index is 4.04. The predicted octanol–water partition coefficient (Wildman–Crippen LogP) is 9.96. The van der Waals surface area contributed by atoms with Gasteiger partial charge < -0.3 is 0 Å². The normalized spacial score (nSPS) is 18.5. The van der Waals surface area contributed by atoms with Crippen molar-refractivity contribution in [1.82, 2.24) is 0 Å². The van der Waals surface area contributed by atoms with Crippen LogP contribution >= 0.6 is 24.8 Å². The van der Waals surface area contributed by atoms with E-state index >= 15 is 0 Å². The summed E-state index contributed by atoms with van der Waals surface area (Å²) < 4.78 is 1.42. The minimum absolute atomic E-state index is 0. The van der Waals surface area contributed by atoms with Crippen LogP contribution in [0.15, 0.2) is 119 Å². The summed E-state index contributed by atoms with van der Waals surface area (Å²) in [6.45, 7) is 20.8.